The molecule has 0 atom stereocenters. The van der Waals surface area contributed by atoms with Crippen molar-refractivity contribution in [3.05, 3.63) is 0 Å². The second-order valence-corrected chi connectivity index (χ2v) is 6.44. The van der Waals surface area contributed by atoms with E-state index in [1.165, 1.54) is 51.4 Å². The van der Waals surface area contributed by atoms with Crippen LogP contribution in [0.1, 0.15) is 57.8 Å². The number of nitrogens with zero attached hydrogens (tertiary/aromatic N) is 1. The average Bonchev–Trinajstić information content (AvgIpc) is 2.68. The molecule has 1 saturated carbocycles. The maximum atomic E-state index is 12.4. The van der Waals surface area contributed by atoms with Crippen LogP contribution in [0.3, 0.4) is 0 Å². The quantitative estimate of drug-likeness (QED) is 0.809. The van der Waals surface area contributed by atoms with E-state index in [1.54, 1.807) is 0 Å². The number of likely N-dealkylation sites (tertiary alicyclic amines) is 1. The molecule has 118 valence electrons. The van der Waals surface area contributed by atoms with Crippen LogP contribution in [0.25, 0.3) is 0 Å². The molecule has 2 rings (SSSR count). The van der Waals surface area contributed by atoms with E-state index in [9.17, 15) is 4.79 Å². The first-order valence-electron chi connectivity index (χ1n) is 8.22. The zero-order chi connectivity index (χ0) is 13.5. The van der Waals surface area contributed by atoms with Crippen LogP contribution in [-0.2, 0) is 4.79 Å². The minimum atomic E-state index is 0. The predicted octanol–water partition coefficient (Wildman–Crippen LogP) is 3.23. The molecule has 1 N–H and O–H groups in total. The number of nitrogens with one attached hydrogen (secondary N) is 1. The summed E-state index contributed by atoms with van der Waals surface area (Å²) in [7, 11) is 2.02. The summed E-state index contributed by atoms with van der Waals surface area (Å²) < 4.78 is 0. The molecule has 4 heteroatoms. The normalized spacial score (nSPS) is 22.1. The average molecular weight is 303 g/mol. The van der Waals surface area contributed by atoms with Gasteiger partial charge in [-0.15, -0.1) is 12.4 Å². The topological polar surface area (TPSA) is 32.3 Å². The van der Waals surface area contributed by atoms with Gasteiger partial charge in [-0.05, 0) is 51.1 Å². The van der Waals surface area contributed by atoms with Gasteiger partial charge in [-0.3, -0.25) is 4.79 Å². The van der Waals surface area contributed by atoms with E-state index >= 15 is 0 Å². The molecule has 0 aromatic heterocycles. The fourth-order valence-electron chi connectivity index (χ4n) is 3.62. The number of carbonyl (C=O) groups is 1. The van der Waals surface area contributed by atoms with E-state index in [2.05, 4.69) is 10.2 Å². The van der Waals surface area contributed by atoms with Gasteiger partial charge in [0.2, 0.25) is 5.91 Å². The Hall–Kier alpha value is -0.280. The van der Waals surface area contributed by atoms with E-state index in [1.807, 2.05) is 7.05 Å². The highest BCUT2D eigenvalue weighted by Crippen LogP contribution is 2.27. The molecule has 0 spiro atoms. The van der Waals surface area contributed by atoms with Crippen LogP contribution in [0.5, 0.6) is 0 Å². The Labute approximate surface area is 130 Å². The number of halogens is 1. The molecule has 1 aliphatic heterocycles. The summed E-state index contributed by atoms with van der Waals surface area (Å²) in [5.74, 6) is 1.87. The second-order valence-electron chi connectivity index (χ2n) is 6.44. The van der Waals surface area contributed by atoms with E-state index in [0.29, 0.717) is 11.8 Å². The van der Waals surface area contributed by atoms with Gasteiger partial charge in [-0.1, -0.05) is 25.7 Å². The van der Waals surface area contributed by atoms with Gasteiger partial charge in [0.05, 0.1) is 0 Å². The summed E-state index contributed by atoms with van der Waals surface area (Å²) in [6.45, 7) is 3.07. The summed E-state index contributed by atoms with van der Waals surface area (Å²) >= 11 is 0. The number of amides is 1. The zero-order valence-corrected chi connectivity index (χ0v) is 13.7. The van der Waals surface area contributed by atoms with Crippen molar-refractivity contribution in [2.75, 3.05) is 26.7 Å². The van der Waals surface area contributed by atoms with Crippen molar-refractivity contribution in [3.63, 3.8) is 0 Å². The van der Waals surface area contributed by atoms with E-state index in [-0.39, 0.29) is 12.4 Å². The first-order chi connectivity index (χ1) is 9.29. The van der Waals surface area contributed by atoms with Gasteiger partial charge in [-0.25, -0.2) is 0 Å². The monoisotopic (exact) mass is 302 g/mol. The number of carbonyl (C=O) groups excluding carboxylic acids is 1. The first-order valence-corrected chi connectivity index (χ1v) is 8.22. The summed E-state index contributed by atoms with van der Waals surface area (Å²) in [5, 5.41) is 3.25. The third-order valence-electron chi connectivity index (χ3n) is 4.90. The smallest absolute Gasteiger partial charge is 0.222 e. The van der Waals surface area contributed by atoms with Crippen LogP contribution in [0.2, 0.25) is 0 Å². The van der Waals surface area contributed by atoms with Gasteiger partial charge in [0.15, 0.2) is 0 Å². The highest BCUT2D eigenvalue weighted by Gasteiger charge is 2.24. The highest BCUT2D eigenvalue weighted by atomic mass is 35.5. The molecule has 2 fully saturated rings. The largest absolute Gasteiger partial charge is 0.343 e. The number of rotatable bonds is 4. The maximum Gasteiger partial charge on any atom is 0.222 e. The molecule has 0 radical (unpaired) electrons. The summed E-state index contributed by atoms with van der Waals surface area (Å²) in [6.07, 6.45) is 11.2. The number of piperidine rings is 1. The Morgan fingerprint density at radius 3 is 2.15 bits per heavy atom. The molecular weight excluding hydrogens is 272 g/mol. The Morgan fingerprint density at radius 2 is 1.60 bits per heavy atom. The minimum absolute atomic E-state index is 0. The van der Waals surface area contributed by atoms with Crippen LogP contribution >= 0.6 is 12.4 Å². The third-order valence-corrected chi connectivity index (χ3v) is 4.90. The van der Waals surface area contributed by atoms with Gasteiger partial charge < -0.3 is 10.2 Å². The van der Waals surface area contributed by atoms with Crippen molar-refractivity contribution < 1.29 is 4.79 Å². The lowest BCUT2D eigenvalue weighted by Gasteiger charge is -2.32. The SMILES string of the molecule is CNCC1CCN(C(=O)CC2CCCCCC2)CC1.Cl. The van der Waals surface area contributed by atoms with Crippen molar-refractivity contribution >= 4 is 18.3 Å². The molecule has 1 aliphatic carbocycles. The molecule has 0 aromatic carbocycles. The molecule has 1 heterocycles. The number of hydrogen-bond donors (Lipinski definition) is 1. The summed E-state index contributed by atoms with van der Waals surface area (Å²) in [4.78, 5) is 14.5. The van der Waals surface area contributed by atoms with Crippen LogP contribution in [-0.4, -0.2) is 37.5 Å². The van der Waals surface area contributed by atoms with Gasteiger partial charge in [0.1, 0.15) is 0 Å². The molecule has 0 aromatic rings. The molecule has 1 amide bonds. The lowest BCUT2D eigenvalue weighted by Crippen LogP contribution is -2.41. The van der Waals surface area contributed by atoms with Gasteiger partial charge in [0.25, 0.3) is 0 Å². The molecule has 0 unspecified atom stereocenters. The Balaban J connectivity index is 0.00000200. The summed E-state index contributed by atoms with van der Waals surface area (Å²) in [5.41, 5.74) is 0. The first kappa shape index (κ1) is 17.8. The molecule has 0 bridgehead atoms. The Morgan fingerprint density at radius 1 is 1.00 bits per heavy atom. The molecule has 2 aliphatic rings. The second kappa shape index (κ2) is 9.62. The van der Waals surface area contributed by atoms with Gasteiger partial charge in [-0.2, -0.15) is 0 Å². The molecule has 20 heavy (non-hydrogen) atoms. The van der Waals surface area contributed by atoms with Gasteiger partial charge >= 0.3 is 0 Å². The lowest BCUT2D eigenvalue weighted by molar-refractivity contribution is -0.133. The third kappa shape index (κ3) is 5.61. The van der Waals surface area contributed by atoms with Crippen molar-refractivity contribution in [2.45, 2.75) is 57.8 Å². The Bertz CT molecular complexity index is 270. The predicted molar refractivity (Wildman–Crippen MR) is 86.3 cm³/mol. The molecule has 1 saturated heterocycles. The molecular formula is C16H31ClN2O. The fraction of sp³-hybridized carbons (Fsp3) is 0.938. The van der Waals surface area contributed by atoms with E-state index in [4.69, 9.17) is 0 Å². The highest BCUT2D eigenvalue weighted by molar-refractivity contribution is 5.85. The fourth-order valence-corrected chi connectivity index (χ4v) is 3.62. The number of hydrogen-bond acceptors (Lipinski definition) is 2. The molecule has 3 nitrogen and oxygen atoms in total. The minimum Gasteiger partial charge on any atom is -0.343 e. The van der Waals surface area contributed by atoms with E-state index in [0.717, 1.165) is 32.0 Å². The lowest BCUT2D eigenvalue weighted by atomic mass is 9.93. The summed E-state index contributed by atoms with van der Waals surface area (Å²) in [6, 6.07) is 0. The van der Waals surface area contributed by atoms with Crippen LogP contribution in [0.4, 0.5) is 0 Å². The van der Waals surface area contributed by atoms with Crippen molar-refractivity contribution in [2.24, 2.45) is 11.8 Å². The van der Waals surface area contributed by atoms with Crippen molar-refractivity contribution in [1.82, 2.24) is 10.2 Å². The zero-order valence-electron chi connectivity index (χ0n) is 12.9. The Kier molecular flexibility index (Phi) is 8.55. The van der Waals surface area contributed by atoms with Crippen molar-refractivity contribution in [1.29, 1.82) is 0 Å². The van der Waals surface area contributed by atoms with Gasteiger partial charge in [0, 0.05) is 19.5 Å². The van der Waals surface area contributed by atoms with E-state index < -0.39 is 0 Å². The van der Waals surface area contributed by atoms with Crippen molar-refractivity contribution in [3.8, 4) is 0 Å². The maximum absolute atomic E-state index is 12.4. The van der Waals surface area contributed by atoms with Crippen LogP contribution < -0.4 is 5.32 Å². The van der Waals surface area contributed by atoms with Crippen LogP contribution in [0.15, 0.2) is 0 Å². The van der Waals surface area contributed by atoms with Crippen LogP contribution in [0, 0.1) is 11.8 Å². The standard InChI is InChI=1S/C16H30N2O.ClH/c1-17-13-15-8-10-18(11-9-15)16(19)12-14-6-4-2-3-5-7-14;/h14-15,17H,2-13H2,1H3;1H.